The highest BCUT2D eigenvalue weighted by Crippen LogP contribution is 2.28. The van der Waals surface area contributed by atoms with Crippen molar-refractivity contribution in [2.75, 3.05) is 5.32 Å². The van der Waals surface area contributed by atoms with E-state index in [1.807, 2.05) is 12.1 Å². The van der Waals surface area contributed by atoms with Crippen molar-refractivity contribution < 1.29 is 4.79 Å². The lowest BCUT2D eigenvalue weighted by molar-refractivity contribution is -0.120. The molecular formula is C12H14Cl2N4OS. The first kappa shape index (κ1) is 16.8. The van der Waals surface area contributed by atoms with E-state index in [1.165, 1.54) is 11.3 Å². The van der Waals surface area contributed by atoms with Gasteiger partial charge in [0.15, 0.2) is 0 Å². The molecule has 20 heavy (non-hydrogen) atoms. The van der Waals surface area contributed by atoms with Gasteiger partial charge in [-0.15, -0.1) is 22.6 Å². The molecule has 0 radical (unpaired) electrons. The fourth-order valence-corrected chi connectivity index (χ4v) is 2.20. The molecule has 1 heterocycles. The number of amides is 1. The molecule has 0 fully saturated rings. The van der Waals surface area contributed by atoms with E-state index in [0.717, 1.165) is 5.56 Å². The maximum absolute atomic E-state index is 11.7. The Labute approximate surface area is 132 Å². The summed E-state index contributed by atoms with van der Waals surface area (Å²) in [5.74, 6) is -0.304. The number of hydrogen-bond acceptors (Lipinski definition) is 5. The molecule has 5 nitrogen and oxygen atoms in total. The fraction of sp³-hybridized carbons (Fsp3) is 0.250. The van der Waals surface area contributed by atoms with E-state index >= 15 is 0 Å². The summed E-state index contributed by atoms with van der Waals surface area (Å²) in [6, 6.07) is 7.29. The van der Waals surface area contributed by atoms with E-state index in [9.17, 15) is 4.79 Å². The predicted molar refractivity (Wildman–Crippen MR) is 84.5 cm³/mol. The normalized spacial score (nSPS) is 10.8. The van der Waals surface area contributed by atoms with Gasteiger partial charge in [0.1, 0.15) is 5.01 Å². The summed E-state index contributed by atoms with van der Waals surface area (Å²) in [5, 5.41) is 12.3. The Bertz CT molecular complexity index is 609. The van der Waals surface area contributed by atoms with Crippen LogP contribution in [0.3, 0.4) is 0 Å². The molecule has 0 bridgehead atoms. The lowest BCUT2D eigenvalue weighted by atomic mass is 10.1. The van der Waals surface area contributed by atoms with Crippen molar-refractivity contribution in [3.05, 3.63) is 29.3 Å². The van der Waals surface area contributed by atoms with Crippen LogP contribution in [-0.2, 0) is 4.79 Å². The summed E-state index contributed by atoms with van der Waals surface area (Å²) in [5.41, 5.74) is 5.59. The number of nitrogens with zero attached hydrogens (tertiary/aromatic N) is 2. The van der Waals surface area contributed by atoms with Crippen molar-refractivity contribution in [3.8, 4) is 10.6 Å². The van der Waals surface area contributed by atoms with Crippen LogP contribution in [0.15, 0.2) is 24.3 Å². The molecule has 1 amide bonds. The van der Waals surface area contributed by atoms with Crippen LogP contribution in [0.1, 0.15) is 13.8 Å². The average molecular weight is 333 g/mol. The van der Waals surface area contributed by atoms with E-state index in [1.54, 1.807) is 26.0 Å². The molecule has 0 spiro atoms. The quantitative estimate of drug-likeness (QED) is 0.905. The second-order valence-electron chi connectivity index (χ2n) is 4.60. The molecule has 1 aromatic carbocycles. The van der Waals surface area contributed by atoms with Crippen LogP contribution in [0.2, 0.25) is 5.02 Å². The Morgan fingerprint density at radius 3 is 2.70 bits per heavy atom. The fourth-order valence-electron chi connectivity index (χ4n) is 1.27. The van der Waals surface area contributed by atoms with Crippen LogP contribution >= 0.6 is 35.3 Å². The summed E-state index contributed by atoms with van der Waals surface area (Å²) in [7, 11) is 0. The number of nitrogens with two attached hydrogens (primary N) is 1. The zero-order valence-corrected chi connectivity index (χ0v) is 13.3. The second kappa shape index (κ2) is 6.49. The highest BCUT2D eigenvalue weighted by Gasteiger charge is 2.23. The molecule has 0 aliphatic rings. The van der Waals surface area contributed by atoms with E-state index in [0.29, 0.717) is 15.2 Å². The summed E-state index contributed by atoms with van der Waals surface area (Å²) in [4.78, 5) is 11.7. The summed E-state index contributed by atoms with van der Waals surface area (Å²) in [6.45, 7) is 3.25. The summed E-state index contributed by atoms with van der Waals surface area (Å²) in [6.07, 6.45) is 0. The molecular weight excluding hydrogens is 319 g/mol. The SMILES string of the molecule is CC(C)(N)C(=O)Nc1nnc(-c2cccc(Cl)c2)s1.Cl. The van der Waals surface area contributed by atoms with E-state index in [4.69, 9.17) is 17.3 Å². The Morgan fingerprint density at radius 2 is 2.10 bits per heavy atom. The maximum Gasteiger partial charge on any atom is 0.245 e. The standard InChI is InChI=1S/C12H13ClN4OS.ClH/c1-12(2,14)10(18)15-11-17-16-9(19-11)7-4-3-5-8(13)6-7;/h3-6H,14H2,1-2H3,(H,15,17,18);1H. The van der Waals surface area contributed by atoms with Crippen molar-refractivity contribution in [1.82, 2.24) is 10.2 Å². The summed E-state index contributed by atoms with van der Waals surface area (Å²) >= 11 is 7.19. The van der Waals surface area contributed by atoms with Gasteiger partial charge in [0.05, 0.1) is 5.54 Å². The van der Waals surface area contributed by atoms with Gasteiger partial charge in [0.2, 0.25) is 11.0 Å². The topological polar surface area (TPSA) is 80.9 Å². The second-order valence-corrected chi connectivity index (χ2v) is 6.01. The van der Waals surface area contributed by atoms with Gasteiger partial charge in [0.25, 0.3) is 0 Å². The lowest BCUT2D eigenvalue weighted by Crippen LogP contribution is -2.45. The van der Waals surface area contributed by atoms with E-state index in [-0.39, 0.29) is 18.3 Å². The Morgan fingerprint density at radius 1 is 1.40 bits per heavy atom. The number of hydrogen-bond donors (Lipinski definition) is 2. The minimum Gasteiger partial charge on any atom is -0.318 e. The predicted octanol–water partition coefficient (Wildman–Crippen LogP) is 2.96. The third-order valence-electron chi connectivity index (χ3n) is 2.30. The molecule has 0 aliphatic carbocycles. The van der Waals surface area contributed by atoms with Gasteiger partial charge >= 0.3 is 0 Å². The van der Waals surface area contributed by atoms with Crippen LogP contribution in [0, 0.1) is 0 Å². The first-order valence-corrected chi connectivity index (χ1v) is 6.75. The van der Waals surface area contributed by atoms with Gasteiger partial charge in [-0.25, -0.2) is 0 Å². The van der Waals surface area contributed by atoms with Gasteiger partial charge in [-0.05, 0) is 26.0 Å². The lowest BCUT2D eigenvalue weighted by Gasteiger charge is -2.15. The minimum absolute atomic E-state index is 0. The monoisotopic (exact) mass is 332 g/mol. The van der Waals surface area contributed by atoms with Crippen molar-refractivity contribution in [1.29, 1.82) is 0 Å². The van der Waals surface area contributed by atoms with Gasteiger partial charge in [-0.3, -0.25) is 10.1 Å². The van der Waals surface area contributed by atoms with Crippen molar-refractivity contribution in [3.63, 3.8) is 0 Å². The van der Waals surface area contributed by atoms with Crippen LogP contribution in [0.5, 0.6) is 0 Å². The Balaban J connectivity index is 0.00000200. The van der Waals surface area contributed by atoms with Crippen LogP contribution in [0.25, 0.3) is 10.6 Å². The number of halogens is 2. The Hall–Kier alpha value is -1.21. The zero-order chi connectivity index (χ0) is 14.0. The molecule has 3 N–H and O–H groups in total. The highest BCUT2D eigenvalue weighted by molar-refractivity contribution is 7.18. The van der Waals surface area contributed by atoms with Gasteiger partial charge < -0.3 is 5.73 Å². The number of carbonyl (C=O) groups is 1. The van der Waals surface area contributed by atoms with Gasteiger partial charge in [-0.1, -0.05) is 35.1 Å². The number of rotatable bonds is 3. The summed E-state index contributed by atoms with van der Waals surface area (Å²) < 4.78 is 0. The molecule has 1 aromatic heterocycles. The number of carbonyl (C=O) groups excluding carboxylic acids is 1. The third-order valence-corrected chi connectivity index (χ3v) is 3.43. The molecule has 8 heteroatoms. The zero-order valence-electron chi connectivity index (χ0n) is 10.9. The molecule has 0 aliphatic heterocycles. The van der Waals surface area contributed by atoms with Crippen LogP contribution in [-0.4, -0.2) is 21.6 Å². The number of aromatic nitrogens is 2. The third kappa shape index (κ3) is 4.14. The molecule has 2 aromatic rings. The molecule has 0 unspecified atom stereocenters. The first-order valence-electron chi connectivity index (χ1n) is 5.56. The van der Waals surface area contributed by atoms with Crippen LogP contribution in [0.4, 0.5) is 5.13 Å². The minimum atomic E-state index is -0.956. The molecule has 2 rings (SSSR count). The van der Waals surface area contributed by atoms with Gasteiger partial charge in [0, 0.05) is 10.6 Å². The first-order chi connectivity index (χ1) is 8.86. The number of anilines is 1. The highest BCUT2D eigenvalue weighted by atomic mass is 35.5. The largest absolute Gasteiger partial charge is 0.318 e. The van der Waals surface area contributed by atoms with Crippen molar-refractivity contribution in [2.45, 2.75) is 19.4 Å². The molecule has 0 atom stereocenters. The number of nitrogens with one attached hydrogen (secondary N) is 1. The van der Waals surface area contributed by atoms with Crippen molar-refractivity contribution >= 4 is 46.4 Å². The van der Waals surface area contributed by atoms with E-state index in [2.05, 4.69) is 15.5 Å². The Kier molecular flexibility index (Phi) is 5.47. The van der Waals surface area contributed by atoms with E-state index < -0.39 is 5.54 Å². The maximum atomic E-state index is 11.7. The molecule has 0 saturated carbocycles. The van der Waals surface area contributed by atoms with Gasteiger partial charge in [-0.2, -0.15) is 0 Å². The smallest absolute Gasteiger partial charge is 0.245 e. The molecule has 108 valence electrons. The van der Waals surface area contributed by atoms with Crippen LogP contribution < -0.4 is 11.1 Å². The molecule has 0 saturated heterocycles. The number of benzene rings is 1. The average Bonchev–Trinajstić information content (AvgIpc) is 2.76. The van der Waals surface area contributed by atoms with Crippen molar-refractivity contribution in [2.24, 2.45) is 5.73 Å².